The number of aryl methyl sites for hydroxylation is 1. The second-order valence-corrected chi connectivity index (χ2v) is 7.60. The maximum atomic E-state index is 13.0. The molecule has 146 valence electrons. The number of hydrogen-bond donors (Lipinski definition) is 0. The predicted molar refractivity (Wildman–Crippen MR) is 103 cm³/mol. The molecule has 1 fully saturated rings. The van der Waals surface area contributed by atoms with Crippen LogP contribution >= 0.6 is 0 Å². The monoisotopic (exact) mass is 389 g/mol. The van der Waals surface area contributed by atoms with E-state index in [2.05, 4.69) is 20.2 Å². The highest BCUT2D eigenvalue weighted by Gasteiger charge is 2.38. The largest absolute Gasteiger partial charge is 0.488 e. The van der Waals surface area contributed by atoms with Gasteiger partial charge >= 0.3 is 5.69 Å². The molecular weight excluding hydrogens is 370 g/mol. The number of fused-ring (bicyclic) bond motifs is 2. The van der Waals surface area contributed by atoms with Gasteiger partial charge in [-0.2, -0.15) is 10.2 Å². The summed E-state index contributed by atoms with van der Waals surface area (Å²) >= 11 is 0. The maximum Gasteiger partial charge on any atom is 0.346 e. The molecule has 0 amide bonds. The van der Waals surface area contributed by atoms with E-state index in [1.54, 1.807) is 38.6 Å². The van der Waals surface area contributed by atoms with Crippen molar-refractivity contribution in [2.45, 2.75) is 43.9 Å². The maximum absolute atomic E-state index is 13.0. The van der Waals surface area contributed by atoms with Gasteiger partial charge in [0.15, 0.2) is 0 Å². The van der Waals surface area contributed by atoms with Gasteiger partial charge in [0.05, 0.1) is 30.2 Å². The highest BCUT2D eigenvalue weighted by molar-refractivity contribution is 5.59. The first-order chi connectivity index (χ1) is 14.3. The van der Waals surface area contributed by atoms with E-state index in [-0.39, 0.29) is 23.9 Å². The molecule has 1 unspecified atom stereocenters. The van der Waals surface area contributed by atoms with Crippen LogP contribution in [0.15, 0.2) is 54.0 Å². The molecule has 0 bridgehead atoms. The van der Waals surface area contributed by atoms with Gasteiger partial charge < -0.3 is 4.74 Å². The van der Waals surface area contributed by atoms with Gasteiger partial charge in [0.2, 0.25) is 0 Å². The summed E-state index contributed by atoms with van der Waals surface area (Å²) in [4.78, 5) is 21.6. The second-order valence-electron chi connectivity index (χ2n) is 7.60. The first-order valence-corrected chi connectivity index (χ1v) is 9.83. The molecule has 9 nitrogen and oxygen atoms in total. The third-order valence-electron chi connectivity index (χ3n) is 5.89. The number of ether oxygens (including phenoxy) is 1. The van der Waals surface area contributed by atoms with Crippen LogP contribution in [-0.2, 0) is 6.42 Å². The molecule has 1 aliphatic carbocycles. The number of aromatic nitrogens is 7. The number of hydrogen-bond acceptors (Lipinski definition) is 6. The summed E-state index contributed by atoms with van der Waals surface area (Å²) in [6.45, 7) is 0. The van der Waals surface area contributed by atoms with Crippen LogP contribution < -0.4 is 10.4 Å². The fraction of sp³-hybridized carbons (Fsp3) is 0.350. The molecule has 4 aromatic rings. The van der Waals surface area contributed by atoms with Crippen molar-refractivity contribution in [1.82, 2.24) is 33.9 Å². The lowest BCUT2D eigenvalue weighted by Gasteiger charge is -2.34. The lowest BCUT2D eigenvalue weighted by atomic mass is 9.89. The quantitative estimate of drug-likeness (QED) is 0.529. The smallest absolute Gasteiger partial charge is 0.346 e. The Kier molecular flexibility index (Phi) is 3.56. The molecule has 0 N–H and O–H groups in total. The Morgan fingerprint density at radius 2 is 2.07 bits per heavy atom. The Labute approximate surface area is 165 Å². The fourth-order valence-corrected chi connectivity index (χ4v) is 4.35. The lowest BCUT2D eigenvalue weighted by Crippen LogP contribution is -2.41. The van der Waals surface area contributed by atoms with Crippen LogP contribution in [0.5, 0.6) is 5.75 Å². The zero-order valence-corrected chi connectivity index (χ0v) is 15.6. The molecule has 0 spiro atoms. The summed E-state index contributed by atoms with van der Waals surface area (Å²) in [7, 11) is 0. The van der Waals surface area contributed by atoms with Crippen LogP contribution in [0, 0.1) is 0 Å². The predicted octanol–water partition coefficient (Wildman–Crippen LogP) is 1.80. The lowest BCUT2D eigenvalue weighted by molar-refractivity contribution is 0.0632. The van der Waals surface area contributed by atoms with E-state index in [0.717, 1.165) is 48.5 Å². The van der Waals surface area contributed by atoms with Crippen LogP contribution in [0.4, 0.5) is 0 Å². The molecule has 0 saturated heterocycles. The Bertz CT molecular complexity index is 1240. The molecule has 6 rings (SSSR count). The fourth-order valence-electron chi connectivity index (χ4n) is 4.35. The molecule has 1 saturated carbocycles. The summed E-state index contributed by atoms with van der Waals surface area (Å²) in [5, 5.41) is 8.88. The van der Waals surface area contributed by atoms with Crippen molar-refractivity contribution in [3.8, 4) is 5.75 Å². The van der Waals surface area contributed by atoms with E-state index in [4.69, 9.17) is 4.74 Å². The molecule has 1 atom stereocenters. The highest BCUT2D eigenvalue weighted by Crippen LogP contribution is 2.36. The van der Waals surface area contributed by atoms with Crippen LogP contribution in [0.2, 0.25) is 0 Å². The summed E-state index contributed by atoms with van der Waals surface area (Å²) in [6.07, 6.45) is 11.9. The Morgan fingerprint density at radius 3 is 2.93 bits per heavy atom. The van der Waals surface area contributed by atoms with Crippen LogP contribution in [-0.4, -0.2) is 40.0 Å². The molecule has 29 heavy (non-hydrogen) atoms. The van der Waals surface area contributed by atoms with Crippen molar-refractivity contribution < 1.29 is 4.74 Å². The minimum Gasteiger partial charge on any atom is -0.488 e. The van der Waals surface area contributed by atoms with E-state index in [0.29, 0.717) is 0 Å². The molecule has 9 heteroatoms. The third kappa shape index (κ3) is 2.57. The first kappa shape index (κ1) is 16.5. The van der Waals surface area contributed by atoms with Crippen molar-refractivity contribution in [3.63, 3.8) is 0 Å². The average molecular weight is 389 g/mol. The van der Waals surface area contributed by atoms with Gasteiger partial charge in [-0.25, -0.2) is 14.0 Å². The van der Waals surface area contributed by atoms with E-state index in [1.165, 1.54) is 0 Å². The highest BCUT2D eigenvalue weighted by atomic mass is 16.5. The van der Waals surface area contributed by atoms with Crippen molar-refractivity contribution in [1.29, 1.82) is 0 Å². The van der Waals surface area contributed by atoms with Crippen molar-refractivity contribution in [2.24, 2.45) is 0 Å². The van der Waals surface area contributed by atoms with Gasteiger partial charge in [-0.05, 0) is 18.6 Å². The Balaban J connectivity index is 1.20. The molecule has 1 aliphatic heterocycles. The summed E-state index contributed by atoms with van der Waals surface area (Å²) < 4.78 is 11.4. The average Bonchev–Trinajstić information content (AvgIpc) is 3.42. The van der Waals surface area contributed by atoms with Gasteiger partial charge in [0.1, 0.15) is 23.2 Å². The second kappa shape index (κ2) is 6.26. The third-order valence-corrected chi connectivity index (χ3v) is 5.89. The Hall–Kier alpha value is -3.49. The van der Waals surface area contributed by atoms with E-state index in [9.17, 15) is 4.79 Å². The number of nitrogens with zero attached hydrogens (tertiary/aromatic N) is 7. The molecule has 2 aliphatic rings. The normalized spacial score (nSPS) is 23.1. The molecule has 5 heterocycles. The molecular formula is C20H19N7O2. The van der Waals surface area contributed by atoms with Gasteiger partial charge in [-0.1, -0.05) is 0 Å². The van der Waals surface area contributed by atoms with Gasteiger partial charge in [-0.15, -0.1) is 0 Å². The van der Waals surface area contributed by atoms with Crippen LogP contribution in [0.3, 0.4) is 0 Å². The minimum absolute atomic E-state index is 0.0607. The molecule has 4 aromatic heterocycles. The zero-order chi connectivity index (χ0) is 19.4. The minimum atomic E-state index is -0.0773. The molecule has 0 radical (unpaired) electrons. The first-order valence-electron chi connectivity index (χ1n) is 9.83. The van der Waals surface area contributed by atoms with E-state index < -0.39 is 0 Å². The summed E-state index contributed by atoms with van der Waals surface area (Å²) in [5.74, 6) is 1.65. The van der Waals surface area contributed by atoms with Gasteiger partial charge in [0.25, 0.3) is 0 Å². The zero-order valence-electron chi connectivity index (χ0n) is 15.6. The molecule has 0 aromatic carbocycles. The van der Waals surface area contributed by atoms with Crippen molar-refractivity contribution in [2.75, 3.05) is 0 Å². The van der Waals surface area contributed by atoms with E-state index >= 15 is 0 Å². The Morgan fingerprint density at radius 1 is 1.14 bits per heavy atom. The number of rotatable bonds is 4. The van der Waals surface area contributed by atoms with Crippen LogP contribution in [0.1, 0.15) is 42.9 Å². The standard InChI is InChI=1S/C20H19N7O2/c28-20-26-16(15-12-21-7-8-22-15)3-4-19(26)24-27(20)13-10-14(11-13)29-18-5-6-23-25-9-1-2-17(18)25/h1-2,5-9,12-14,16H,3-4,10-11H2. The van der Waals surface area contributed by atoms with Gasteiger partial charge in [0, 0.05) is 43.9 Å². The van der Waals surface area contributed by atoms with Gasteiger partial charge in [-0.3, -0.25) is 14.5 Å². The van der Waals surface area contributed by atoms with Crippen molar-refractivity contribution in [3.05, 3.63) is 71.2 Å². The van der Waals surface area contributed by atoms with Crippen LogP contribution in [0.25, 0.3) is 5.52 Å². The summed E-state index contributed by atoms with van der Waals surface area (Å²) in [5.41, 5.74) is 1.70. The van der Waals surface area contributed by atoms with E-state index in [1.807, 2.05) is 24.4 Å². The SMILES string of the molecule is O=c1n(C2CC(Oc3ccnn4cccc34)C2)nc2n1C(c1cnccn1)CC2. The topological polar surface area (TPSA) is 92.1 Å². The summed E-state index contributed by atoms with van der Waals surface area (Å²) in [6, 6.07) is 5.80. The van der Waals surface area contributed by atoms with Crippen molar-refractivity contribution >= 4 is 5.52 Å².